The minimum atomic E-state index is -0.537. The van der Waals surface area contributed by atoms with Crippen LogP contribution in [0.25, 0.3) is 0 Å². The Morgan fingerprint density at radius 1 is 1.19 bits per heavy atom. The fraction of sp³-hybridized carbons (Fsp3) is 0.333. The molecule has 3 amide bonds. The number of nitrogens with one attached hydrogen (secondary N) is 2. The van der Waals surface area contributed by atoms with Crippen LogP contribution in [-0.4, -0.2) is 31.1 Å². The minimum absolute atomic E-state index is 0.0896. The predicted octanol–water partition coefficient (Wildman–Crippen LogP) is 3.63. The van der Waals surface area contributed by atoms with E-state index in [4.69, 9.17) is 4.74 Å². The predicted molar refractivity (Wildman–Crippen MR) is 106 cm³/mol. The maximum absolute atomic E-state index is 12.7. The number of benzene rings is 2. The van der Waals surface area contributed by atoms with E-state index >= 15 is 0 Å². The van der Waals surface area contributed by atoms with E-state index in [1.165, 1.54) is 0 Å². The van der Waals surface area contributed by atoms with Gasteiger partial charge in [0.2, 0.25) is 5.91 Å². The van der Waals surface area contributed by atoms with Crippen molar-refractivity contribution in [1.29, 1.82) is 0 Å². The van der Waals surface area contributed by atoms with Crippen molar-refractivity contribution in [2.24, 2.45) is 0 Å². The van der Waals surface area contributed by atoms with Crippen LogP contribution < -0.4 is 20.3 Å². The summed E-state index contributed by atoms with van der Waals surface area (Å²) >= 11 is 0. The van der Waals surface area contributed by atoms with Gasteiger partial charge in [0.1, 0.15) is 11.8 Å². The van der Waals surface area contributed by atoms with E-state index in [2.05, 4.69) is 16.7 Å². The second-order valence-corrected chi connectivity index (χ2v) is 6.70. The molecular formula is C21H25N3O3. The molecule has 6 nitrogen and oxygen atoms in total. The number of hydrogen-bond acceptors (Lipinski definition) is 3. The van der Waals surface area contributed by atoms with E-state index in [0.29, 0.717) is 31.0 Å². The monoisotopic (exact) mass is 367 g/mol. The quantitative estimate of drug-likeness (QED) is 0.848. The number of carbonyl (C=O) groups excluding carboxylic acids is 2. The number of ether oxygens (including phenoxy) is 1. The zero-order chi connectivity index (χ0) is 19.4. The van der Waals surface area contributed by atoms with E-state index in [0.717, 1.165) is 16.8 Å². The average molecular weight is 367 g/mol. The number of anilines is 2. The first-order valence-corrected chi connectivity index (χ1v) is 9.17. The molecule has 2 aromatic rings. The molecule has 6 heteroatoms. The standard InChI is InChI=1S/C21H25N3O3/c1-4-27-19-8-6-5-7-17(19)22-21(26)23-18-9-10-24(20(18)25)16-12-14(2)11-15(3)13-16/h5-8,11-13,18H,4,9-10H2,1-3H3,(H2,22,23,26). The fourth-order valence-electron chi connectivity index (χ4n) is 3.34. The highest BCUT2D eigenvalue weighted by Crippen LogP contribution is 2.25. The van der Waals surface area contributed by atoms with Gasteiger partial charge in [-0.05, 0) is 62.6 Å². The molecule has 0 saturated carbocycles. The van der Waals surface area contributed by atoms with Gasteiger partial charge >= 0.3 is 6.03 Å². The Bertz CT molecular complexity index is 830. The van der Waals surface area contributed by atoms with Crippen molar-refractivity contribution < 1.29 is 14.3 Å². The first-order valence-electron chi connectivity index (χ1n) is 9.17. The highest BCUT2D eigenvalue weighted by Gasteiger charge is 2.33. The van der Waals surface area contributed by atoms with Crippen LogP contribution in [0.2, 0.25) is 0 Å². The van der Waals surface area contributed by atoms with Crippen LogP contribution in [0.3, 0.4) is 0 Å². The van der Waals surface area contributed by atoms with Crippen LogP contribution in [0.1, 0.15) is 24.5 Å². The lowest BCUT2D eigenvalue weighted by atomic mass is 10.1. The molecule has 1 heterocycles. The molecule has 1 aliphatic rings. The SMILES string of the molecule is CCOc1ccccc1NC(=O)NC1CCN(c2cc(C)cc(C)c2)C1=O. The number of aryl methyl sites for hydroxylation is 2. The normalized spacial score (nSPS) is 16.3. The van der Waals surface area contributed by atoms with Crippen LogP contribution in [-0.2, 0) is 4.79 Å². The van der Waals surface area contributed by atoms with E-state index < -0.39 is 12.1 Å². The van der Waals surface area contributed by atoms with Crippen molar-refractivity contribution in [3.05, 3.63) is 53.6 Å². The van der Waals surface area contributed by atoms with Gasteiger partial charge in [-0.1, -0.05) is 18.2 Å². The van der Waals surface area contributed by atoms with E-state index in [1.807, 2.05) is 45.0 Å². The summed E-state index contributed by atoms with van der Waals surface area (Å²) in [6.45, 7) is 7.00. The third-order valence-electron chi connectivity index (χ3n) is 4.46. The first kappa shape index (κ1) is 18.8. The van der Waals surface area contributed by atoms with Crippen LogP contribution in [0.5, 0.6) is 5.75 Å². The second-order valence-electron chi connectivity index (χ2n) is 6.70. The van der Waals surface area contributed by atoms with Crippen LogP contribution >= 0.6 is 0 Å². The molecule has 3 rings (SSSR count). The molecule has 1 unspecified atom stereocenters. The molecular weight excluding hydrogens is 342 g/mol. The first-order chi connectivity index (χ1) is 13.0. The summed E-state index contributed by atoms with van der Waals surface area (Å²) in [5, 5.41) is 5.55. The Balaban J connectivity index is 1.65. The third-order valence-corrected chi connectivity index (χ3v) is 4.46. The molecule has 0 bridgehead atoms. The van der Waals surface area contributed by atoms with E-state index in [1.54, 1.807) is 17.0 Å². The zero-order valence-corrected chi connectivity index (χ0v) is 15.9. The van der Waals surface area contributed by atoms with Crippen LogP contribution in [0, 0.1) is 13.8 Å². The van der Waals surface area contributed by atoms with Gasteiger partial charge in [0.25, 0.3) is 0 Å². The number of nitrogens with zero attached hydrogens (tertiary/aromatic N) is 1. The summed E-state index contributed by atoms with van der Waals surface area (Å²) in [4.78, 5) is 26.9. The lowest BCUT2D eigenvalue weighted by Gasteiger charge is -2.19. The molecule has 0 aliphatic carbocycles. The van der Waals surface area contributed by atoms with Crippen molar-refractivity contribution in [1.82, 2.24) is 5.32 Å². The molecule has 1 fully saturated rings. The molecule has 1 atom stereocenters. The highest BCUT2D eigenvalue weighted by molar-refractivity contribution is 6.02. The topological polar surface area (TPSA) is 70.7 Å². The number of hydrogen-bond donors (Lipinski definition) is 2. The van der Waals surface area contributed by atoms with Crippen molar-refractivity contribution in [2.45, 2.75) is 33.2 Å². The average Bonchev–Trinajstić information content (AvgIpc) is 2.96. The molecule has 1 saturated heterocycles. The molecule has 27 heavy (non-hydrogen) atoms. The molecule has 2 aromatic carbocycles. The van der Waals surface area contributed by atoms with Gasteiger partial charge in [-0.3, -0.25) is 4.79 Å². The molecule has 0 spiro atoms. The van der Waals surface area contributed by atoms with Crippen molar-refractivity contribution in [3.63, 3.8) is 0 Å². The summed E-state index contributed by atoms with van der Waals surface area (Å²) in [5.41, 5.74) is 3.68. The van der Waals surface area contributed by atoms with Gasteiger partial charge in [0.15, 0.2) is 0 Å². The Kier molecular flexibility index (Phi) is 5.64. The van der Waals surface area contributed by atoms with Crippen molar-refractivity contribution in [2.75, 3.05) is 23.4 Å². The van der Waals surface area contributed by atoms with Gasteiger partial charge in [0, 0.05) is 12.2 Å². The smallest absolute Gasteiger partial charge is 0.319 e. The van der Waals surface area contributed by atoms with Gasteiger partial charge in [0.05, 0.1) is 12.3 Å². The van der Waals surface area contributed by atoms with Gasteiger partial charge in [-0.15, -0.1) is 0 Å². The third kappa shape index (κ3) is 4.39. The number of urea groups is 1. The molecule has 0 aromatic heterocycles. The summed E-state index contributed by atoms with van der Waals surface area (Å²) in [5.74, 6) is 0.512. The van der Waals surface area contributed by atoms with Gasteiger partial charge in [-0.25, -0.2) is 4.79 Å². The number of carbonyl (C=O) groups is 2. The lowest BCUT2D eigenvalue weighted by Crippen LogP contribution is -2.43. The Labute approximate surface area is 159 Å². The summed E-state index contributed by atoms with van der Waals surface area (Å²) in [6, 6.07) is 12.3. The summed E-state index contributed by atoms with van der Waals surface area (Å²) in [7, 11) is 0. The van der Waals surface area contributed by atoms with Crippen molar-refractivity contribution >= 4 is 23.3 Å². The van der Waals surface area contributed by atoms with E-state index in [9.17, 15) is 9.59 Å². The largest absolute Gasteiger partial charge is 0.492 e. The zero-order valence-electron chi connectivity index (χ0n) is 15.9. The number of amides is 3. The van der Waals surface area contributed by atoms with Crippen LogP contribution in [0.15, 0.2) is 42.5 Å². The lowest BCUT2D eigenvalue weighted by molar-refractivity contribution is -0.118. The molecule has 1 aliphatic heterocycles. The molecule has 2 N–H and O–H groups in total. The summed E-state index contributed by atoms with van der Waals surface area (Å²) < 4.78 is 5.51. The molecule has 0 radical (unpaired) electrons. The van der Waals surface area contributed by atoms with E-state index in [-0.39, 0.29) is 5.91 Å². The maximum atomic E-state index is 12.7. The van der Waals surface area contributed by atoms with Gasteiger partial charge in [-0.2, -0.15) is 0 Å². The molecule has 142 valence electrons. The fourth-order valence-corrected chi connectivity index (χ4v) is 3.34. The second kappa shape index (κ2) is 8.12. The Hall–Kier alpha value is -3.02. The minimum Gasteiger partial charge on any atom is -0.492 e. The van der Waals surface area contributed by atoms with Crippen molar-refractivity contribution in [3.8, 4) is 5.75 Å². The summed E-state index contributed by atoms with van der Waals surface area (Å²) in [6.07, 6.45) is 0.576. The highest BCUT2D eigenvalue weighted by atomic mass is 16.5. The van der Waals surface area contributed by atoms with Crippen LogP contribution in [0.4, 0.5) is 16.2 Å². The Morgan fingerprint density at radius 2 is 1.89 bits per heavy atom. The van der Waals surface area contributed by atoms with Gasteiger partial charge < -0.3 is 20.3 Å². The maximum Gasteiger partial charge on any atom is 0.319 e. The Morgan fingerprint density at radius 3 is 2.59 bits per heavy atom. The number of para-hydroxylation sites is 2. The number of rotatable bonds is 5.